The van der Waals surface area contributed by atoms with E-state index in [-0.39, 0.29) is 35.5 Å². The second-order valence-corrected chi connectivity index (χ2v) is 9.65. The summed E-state index contributed by atoms with van der Waals surface area (Å²) in [4.78, 5) is 28.0. The second-order valence-electron chi connectivity index (χ2n) is 9.65. The molecule has 4 aliphatic carbocycles. The summed E-state index contributed by atoms with van der Waals surface area (Å²) < 4.78 is 6.00. The van der Waals surface area contributed by atoms with E-state index in [1.54, 1.807) is 0 Å². The van der Waals surface area contributed by atoms with Crippen LogP contribution in [-0.4, -0.2) is 11.8 Å². The van der Waals surface area contributed by atoms with Crippen molar-refractivity contribution in [2.75, 3.05) is 4.90 Å². The minimum atomic E-state index is -0.171. The van der Waals surface area contributed by atoms with Gasteiger partial charge < -0.3 is 4.74 Å². The predicted molar refractivity (Wildman–Crippen MR) is 126 cm³/mol. The molecule has 0 unspecified atom stereocenters. The van der Waals surface area contributed by atoms with Crippen LogP contribution < -0.4 is 9.64 Å². The maximum absolute atomic E-state index is 13.3. The highest BCUT2D eigenvalue weighted by molar-refractivity contribution is 6.22. The van der Waals surface area contributed by atoms with Crippen LogP contribution in [0, 0.1) is 35.5 Å². The number of hydrogen-bond donors (Lipinski definition) is 0. The van der Waals surface area contributed by atoms with Gasteiger partial charge in [-0.1, -0.05) is 54.6 Å². The van der Waals surface area contributed by atoms with Crippen LogP contribution in [0.25, 0.3) is 11.1 Å². The van der Waals surface area contributed by atoms with Gasteiger partial charge >= 0.3 is 0 Å². The maximum Gasteiger partial charge on any atom is 0.238 e. The fourth-order valence-electron chi connectivity index (χ4n) is 6.36. The molecule has 4 heteroatoms. The highest BCUT2D eigenvalue weighted by Crippen LogP contribution is 2.65. The van der Waals surface area contributed by atoms with E-state index in [9.17, 15) is 9.59 Å². The molecular weight excluding hydrogens is 410 g/mol. The Balaban J connectivity index is 1.09. The van der Waals surface area contributed by atoms with E-state index >= 15 is 0 Å². The van der Waals surface area contributed by atoms with Crippen LogP contribution in [0.15, 0.2) is 91.0 Å². The quantitative estimate of drug-likeness (QED) is 0.391. The van der Waals surface area contributed by atoms with Crippen LogP contribution in [0.2, 0.25) is 0 Å². The molecule has 0 spiro atoms. The Morgan fingerprint density at radius 3 is 1.73 bits per heavy atom. The molecule has 33 heavy (non-hydrogen) atoms. The average Bonchev–Trinajstić information content (AvgIpc) is 3.64. The van der Waals surface area contributed by atoms with E-state index in [0.29, 0.717) is 23.3 Å². The molecule has 1 aliphatic heterocycles. The molecule has 1 saturated heterocycles. The van der Waals surface area contributed by atoms with E-state index in [4.69, 9.17) is 4.74 Å². The van der Waals surface area contributed by atoms with Gasteiger partial charge in [0, 0.05) is 0 Å². The van der Waals surface area contributed by atoms with Gasteiger partial charge in [-0.3, -0.25) is 14.5 Å². The monoisotopic (exact) mass is 433 g/mol. The van der Waals surface area contributed by atoms with Gasteiger partial charge in [0.1, 0.15) is 11.5 Å². The van der Waals surface area contributed by atoms with Crippen LogP contribution >= 0.6 is 0 Å². The Morgan fingerprint density at radius 1 is 0.636 bits per heavy atom. The number of amides is 2. The van der Waals surface area contributed by atoms with Gasteiger partial charge in [-0.2, -0.15) is 0 Å². The van der Waals surface area contributed by atoms with Crippen LogP contribution in [0.5, 0.6) is 11.5 Å². The van der Waals surface area contributed by atoms with Gasteiger partial charge in [-0.15, -0.1) is 0 Å². The van der Waals surface area contributed by atoms with E-state index in [0.717, 1.165) is 16.9 Å². The van der Waals surface area contributed by atoms with E-state index in [1.165, 1.54) is 11.3 Å². The Bertz CT molecular complexity index is 1240. The molecule has 0 aromatic heterocycles. The van der Waals surface area contributed by atoms with Crippen molar-refractivity contribution in [1.29, 1.82) is 0 Å². The van der Waals surface area contributed by atoms with Gasteiger partial charge in [0.15, 0.2) is 0 Å². The van der Waals surface area contributed by atoms with Crippen LogP contribution in [0.4, 0.5) is 5.69 Å². The summed E-state index contributed by atoms with van der Waals surface area (Å²) in [5.74, 6) is 2.73. The summed E-state index contributed by atoms with van der Waals surface area (Å²) in [6.45, 7) is 0. The van der Waals surface area contributed by atoms with Gasteiger partial charge in [-0.05, 0) is 77.6 Å². The van der Waals surface area contributed by atoms with Crippen LogP contribution in [0.3, 0.4) is 0 Å². The number of allylic oxidation sites excluding steroid dienone is 2. The summed E-state index contributed by atoms with van der Waals surface area (Å²) in [6.07, 6.45) is 5.58. The Labute approximate surface area is 192 Å². The fourth-order valence-corrected chi connectivity index (χ4v) is 6.36. The molecule has 162 valence electrons. The highest BCUT2D eigenvalue weighted by atomic mass is 16.5. The number of benzene rings is 3. The predicted octanol–water partition coefficient (Wildman–Crippen LogP) is 5.70. The van der Waals surface area contributed by atoms with Gasteiger partial charge in [-0.25, -0.2) is 0 Å². The largest absolute Gasteiger partial charge is 0.457 e. The first-order valence-electron chi connectivity index (χ1n) is 11.7. The Morgan fingerprint density at radius 2 is 1.15 bits per heavy atom. The number of anilines is 1. The van der Waals surface area contributed by atoms with Gasteiger partial charge in [0.2, 0.25) is 11.8 Å². The molecule has 2 saturated carbocycles. The van der Waals surface area contributed by atoms with Crippen LogP contribution in [-0.2, 0) is 9.59 Å². The zero-order chi connectivity index (χ0) is 22.1. The molecule has 0 N–H and O–H groups in total. The first-order chi connectivity index (χ1) is 16.2. The smallest absolute Gasteiger partial charge is 0.238 e. The minimum Gasteiger partial charge on any atom is -0.457 e. The zero-order valence-corrected chi connectivity index (χ0v) is 18.0. The fraction of sp³-hybridized carbons (Fsp3) is 0.241. The molecule has 1 heterocycles. The maximum atomic E-state index is 13.3. The molecule has 6 atom stereocenters. The Hall–Kier alpha value is -3.66. The molecule has 8 rings (SSSR count). The van der Waals surface area contributed by atoms with Crippen molar-refractivity contribution in [1.82, 2.24) is 0 Å². The standard InChI is InChI=1S/C29H23NO3/c31-28-26-22-14-15-23(25-16-24(22)25)27(26)29(32)30(28)19-8-12-21(13-9-19)33-20-10-6-18(7-11-20)17-4-2-1-3-5-17/h1-15,22-27H,16H2/t22-,23-,24-,25+,26+,27+/m1/s1. The molecule has 2 amide bonds. The molecular formula is C29H23NO3. The lowest BCUT2D eigenvalue weighted by molar-refractivity contribution is -0.124. The summed E-state index contributed by atoms with van der Waals surface area (Å²) in [5, 5.41) is 0. The average molecular weight is 434 g/mol. The van der Waals surface area contributed by atoms with Crippen molar-refractivity contribution in [2.24, 2.45) is 35.5 Å². The number of carbonyl (C=O) groups excluding carboxylic acids is 2. The number of imide groups is 1. The molecule has 3 aromatic rings. The number of rotatable bonds is 4. The molecule has 2 bridgehead atoms. The summed E-state index contributed by atoms with van der Waals surface area (Å²) in [7, 11) is 0. The SMILES string of the molecule is O=C1[C@H]2[C@@H]3C=C[C@H]([C@@H]4C[C@H]34)[C@@H]2C(=O)N1c1ccc(Oc2ccc(-c3ccccc3)cc2)cc1. The van der Waals surface area contributed by atoms with Crippen molar-refractivity contribution >= 4 is 17.5 Å². The van der Waals surface area contributed by atoms with Crippen molar-refractivity contribution < 1.29 is 14.3 Å². The van der Waals surface area contributed by atoms with Crippen molar-refractivity contribution in [3.05, 3.63) is 91.0 Å². The lowest BCUT2D eigenvalue weighted by atomic mass is 9.63. The topological polar surface area (TPSA) is 46.6 Å². The minimum absolute atomic E-state index is 0.0279. The molecule has 5 aliphatic rings. The van der Waals surface area contributed by atoms with E-state index in [2.05, 4.69) is 24.3 Å². The first kappa shape index (κ1) is 18.9. The molecule has 3 fully saturated rings. The molecule has 4 nitrogen and oxygen atoms in total. The lowest BCUT2D eigenvalue weighted by Crippen LogP contribution is -2.40. The van der Waals surface area contributed by atoms with Gasteiger partial charge in [0.25, 0.3) is 0 Å². The third-order valence-electron chi connectivity index (χ3n) is 7.95. The van der Waals surface area contributed by atoms with E-state index < -0.39 is 0 Å². The normalized spacial score (nSPS) is 30.8. The molecule has 3 aromatic carbocycles. The summed E-state index contributed by atoms with van der Waals surface area (Å²) >= 11 is 0. The number of carbonyl (C=O) groups is 2. The lowest BCUT2D eigenvalue weighted by Gasteiger charge is -2.37. The number of hydrogen-bond acceptors (Lipinski definition) is 3. The van der Waals surface area contributed by atoms with Crippen LogP contribution in [0.1, 0.15) is 6.42 Å². The first-order valence-corrected chi connectivity index (χ1v) is 11.7. The summed E-state index contributed by atoms with van der Waals surface area (Å²) in [5.41, 5.74) is 2.93. The number of ether oxygens (including phenoxy) is 1. The number of nitrogens with zero attached hydrogens (tertiary/aromatic N) is 1. The second kappa shape index (κ2) is 6.92. The third kappa shape index (κ3) is 2.83. The van der Waals surface area contributed by atoms with Gasteiger partial charge in [0.05, 0.1) is 17.5 Å². The van der Waals surface area contributed by atoms with Crippen molar-refractivity contribution in [3.8, 4) is 22.6 Å². The molecule has 0 radical (unpaired) electrons. The third-order valence-corrected chi connectivity index (χ3v) is 7.95. The van der Waals surface area contributed by atoms with E-state index in [1.807, 2.05) is 66.7 Å². The highest BCUT2D eigenvalue weighted by Gasteiger charge is 2.67. The Kier molecular flexibility index (Phi) is 3.95. The van der Waals surface area contributed by atoms with Crippen molar-refractivity contribution in [2.45, 2.75) is 6.42 Å². The summed E-state index contributed by atoms with van der Waals surface area (Å²) in [6, 6.07) is 25.5. The zero-order valence-electron chi connectivity index (χ0n) is 18.0. The van der Waals surface area contributed by atoms with Crippen molar-refractivity contribution in [3.63, 3.8) is 0 Å².